The highest BCUT2D eigenvalue weighted by Crippen LogP contribution is 2.45. The van der Waals surface area contributed by atoms with Crippen molar-refractivity contribution in [2.45, 2.75) is 50.7 Å². The van der Waals surface area contributed by atoms with E-state index in [0.717, 1.165) is 23.3 Å². The number of aromatic nitrogens is 1. The number of benzene rings is 2. The molecule has 1 fully saturated rings. The Morgan fingerprint density at radius 3 is 2.41 bits per heavy atom. The molecule has 0 bridgehead atoms. The largest absolute Gasteiger partial charge is 0.384 e. The van der Waals surface area contributed by atoms with E-state index in [2.05, 4.69) is 0 Å². The van der Waals surface area contributed by atoms with Crippen molar-refractivity contribution < 1.29 is 19.1 Å². The third kappa shape index (κ3) is 3.98. The Balaban J connectivity index is 1.77. The van der Waals surface area contributed by atoms with Crippen LogP contribution in [0, 0.1) is 5.82 Å². The summed E-state index contributed by atoms with van der Waals surface area (Å²) in [5.74, 6) is -0.932. The van der Waals surface area contributed by atoms with E-state index in [1.807, 2.05) is 61.8 Å². The highest BCUT2D eigenvalue weighted by Gasteiger charge is 2.42. The predicted octanol–water partition coefficient (Wildman–Crippen LogP) is 4.48. The lowest BCUT2D eigenvalue weighted by Crippen LogP contribution is -2.32. The first-order chi connectivity index (χ1) is 16.1. The van der Waals surface area contributed by atoms with Crippen LogP contribution in [0.25, 0.3) is 10.9 Å². The van der Waals surface area contributed by atoms with E-state index in [-0.39, 0.29) is 24.1 Å². The first kappa shape index (κ1) is 24.0. The summed E-state index contributed by atoms with van der Waals surface area (Å²) in [6.45, 7) is 3.61. The summed E-state index contributed by atoms with van der Waals surface area (Å²) in [7, 11) is 5.73. The van der Waals surface area contributed by atoms with Crippen LogP contribution in [-0.2, 0) is 22.2 Å². The molecule has 2 aromatic carbocycles. The Labute approximate surface area is 199 Å². The monoisotopic (exact) mass is 465 g/mol. The molecule has 34 heavy (non-hydrogen) atoms. The number of amides is 1. The van der Waals surface area contributed by atoms with Crippen molar-refractivity contribution in [1.82, 2.24) is 4.57 Å². The van der Waals surface area contributed by atoms with Crippen molar-refractivity contribution in [2.24, 2.45) is 7.05 Å². The van der Waals surface area contributed by atoms with Crippen LogP contribution in [0.2, 0.25) is 0 Å². The van der Waals surface area contributed by atoms with Gasteiger partial charge >= 0.3 is 0 Å². The number of hydrogen-bond acceptors (Lipinski definition) is 4. The number of halogens is 1. The van der Waals surface area contributed by atoms with Crippen molar-refractivity contribution in [1.29, 1.82) is 0 Å². The van der Waals surface area contributed by atoms with E-state index in [4.69, 9.17) is 0 Å². The van der Waals surface area contributed by atoms with Gasteiger partial charge in [-0.1, -0.05) is 6.92 Å². The molecular formula is C27H32FN3O3. The summed E-state index contributed by atoms with van der Waals surface area (Å²) < 4.78 is 16.1. The molecule has 180 valence electrons. The lowest BCUT2D eigenvalue weighted by Gasteiger charge is -2.27. The fraction of sp³-hybridized carbons (Fsp3) is 0.407. The van der Waals surface area contributed by atoms with Gasteiger partial charge in [0, 0.05) is 61.8 Å². The number of ketones is 1. The molecule has 3 unspecified atom stereocenters. The number of hydrogen-bond donors (Lipinski definition) is 1. The maximum atomic E-state index is 14.3. The van der Waals surface area contributed by atoms with E-state index in [9.17, 15) is 19.1 Å². The topological polar surface area (TPSA) is 65.8 Å². The normalized spacial score (nSPS) is 19.9. The molecule has 0 radical (unpaired) electrons. The Morgan fingerprint density at radius 2 is 1.82 bits per heavy atom. The standard InChI is InChI=1S/C27H32FN3O3/c1-6-27(2,34)26-25(21-13-17(28)7-12-23(21)30(26)5)22-14-20(15-24(22)33)31(16-32)19-10-8-18(9-11-19)29(3)4/h7-13,16,20,22,34H,6,14-15H2,1-5H3. The number of aliphatic hydroxyl groups is 1. The minimum Gasteiger partial charge on any atom is -0.384 e. The summed E-state index contributed by atoms with van der Waals surface area (Å²) in [5.41, 5.74) is 2.61. The number of Topliss-reactive ketones (excluding diaryl/α,β-unsaturated/α-hetero) is 1. The molecule has 1 N–H and O–H groups in total. The molecule has 1 aliphatic rings. The lowest BCUT2D eigenvalue weighted by atomic mass is 9.86. The predicted molar refractivity (Wildman–Crippen MR) is 133 cm³/mol. The van der Waals surface area contributed by atoms with Crippen molar-refractivity contribution in [3.8, 4) is 0 Å². The van der Waals surface area contributed by atoms with Gasteiger partial charge in [0.05, 0.1) is 5.69 Å². The Hall–Kier alpha value is -3.19. The van der Waals surface area contributed by atoms with Gasteiger partial charge in [-0.25, -0.2) is 4.39 Å². The number of carbonyl (C=O) groups excluding carboxylic acids is 2. The highest BCUT2D eigenvalue weighted by atomic mass is 19.1. The van der Waals surface area contributed by atoms with E-state index >= 15 is 0 Å². The minimum absolute atomic E-state index is 0.00771. The van der Waals surface area contributed by atoms with Gasteiger partial charge < -0.3 is 19.5 Å². The van der Waals surface area contributed by atoms with Crippen LogP contribution in [-0.4, -0.2) is 42.0 Å². The second-order valence-electron chi connectivity index (χ2n) is 9.65. The van der Waals surface area contributed by atoms with Crippen LogP contribution in [0.5, 0.6) is 0 Å². The molecule has 0 spiro atoms. The molecule has 1 amide bonds. The molecule has 1 saturated carbocycles. The van der Waals surface area contributed by atoms with Gasteiger partial charge in [-0.3, -0.25) is 9.59 Å². The van der Waals surface area contributed by atoms with Gasteiger partial charge in [-0.15, -0.1) is 0 Å². The molecule has 1 heterocycles. The van der Waals surface area contributed by atoms with Gasteiger partial charge in [0.15, 0.2) is 0 Å². The molecule has 1 aliphatic carbocycles. The molecule has 4 rings (SSSR count). The van der Waals surface area contributed by atoms with Crippen molar-refractivity contribution >= 4 is 34.5 Å². The smallest absolute Gasteiger partial charge is 0.214 e. The minimum atomic E-state index is -1.19. The van der Waals surface area contributed by atoms with Crippen LogP contribution >= 0.6 is 0 Å². The number of rotatable bonds is 7. The number of nitrogens with zero attached hydrogens (tertiary/aromatic N) is 3. The van der Waals surface area contributed by atoms with Crippen LogP contribution in [0.3, 0.4) is 0 Å². The molecule has 7 heteroatoms. The summed E-state index contributed by atoms with van der Waals surface area (Å²) in [5, 5.41) is 11.9. The summed E-state index contributed by atoms with van der Waals surface area (Å²) in [6.07, 6.45) is 1.83. The molecule has 1 aromatic heterocycles. The van der Waals surface area contributed by atoms with Gasteiger partial charge in [0.25, 0.3) is 0 Å². The third-order valence-corrected chi connectivity index (χ3v) is 7.25. The number of anilines is 2. The van der Waals surface area contributed by atoms with E-state index in [0.29, 0.717) is 29.5 Å². The summed E-state index contributed by atoms with van der Waals surface area (Å²) in [4.78, 5) is 29.0. The second kappa shape index (κ2) is 8.87. The quantitative estimate of drug-likeness (QED) is 0.523. The van der Waals surface area contributed by atoms with Gasteiger partial charge in [0.1, 0.15) is 17.2 Å². The first-order valence-electron chi connectivity index (χ1n) is 11.6. The zero-order valence-corrected chi connectivity index (χ0v) is 20.4. The summed E-state index contributed by atoms with van der Waals surface area (Å²) in [6, 6.07) is 11.8. The first-order valence-corrected chi connectivity index (χ1v) is 11.6. The molecular weight excluding hydrogens is 433 g/mol. The summed E-state index contributed by atoms with van der Waals surface area (Å²) >= 11 is 0. The van der Waals surface area contributed by atoms with Crippen LogP contribution in [0.1, 0.15) is 50.3 Å². The fourth-order valence-electron chi connectivity index (χ4n) is 5.25. The molecule has 6 nitrogen and oxygen atoms in total. The highest BCUT2D eigenvalue weighted by molar-refractivity contribution is 5.97. The van der Waals surface area contributed by atoms with Crippen molar-refractivity contribution in [3.05, 3.63) is 59.5 Å². The SMILES string of the molecule is CCC(C)(O)c1c(C2CC(N(C=O)c3ccc(N(C)C)cc3)CC2=O)c2cc(F)ccc2n1C. The Bertz CT molecular complexity index is 1230. The van der Waals surface area contributed by atoms with E-state index in [1.54, 1.807) is 17.9 Å². The van der Waals surface area contributed by atoms with Gasteiger partial charge in [0.2, 0.25) is 6.41 Å². The average molecular weight is 466 g/mol. The molecule has 3 atom stereocenters. The number of aryl methyl sites for hydroxylation is 1. The average Bonchev–Trinajstić information content (AvgIpc) is 3.31. The molecule has 0 saturated heterocycles. The molecule has 0 aliphatic heterocycles. The number of carbonyl (C=O) groups is 2. The third-order valence-electron chi connectivity index (χ3n) is 7.25. The van der Waals surface area contributed by atoms with E-state index < -0.39 is 11.5 Å². The second-order valence-corrected chi connectivity index (χ2v) is 9.65. The fourth-order valence-corrected chi connectivity index (χ4v) is 5.25. The van der Waals surface area contributed by atoms with Crippen LogP contribution in [0.15, 0.2) is 42.5 Å². The zero-order valence-electron chi connectivity index (χ0n) is 20.4. The maximum Gasteiger partial charge on any atom is 0.214 e. The van der Waals surface area contributed by atoms with Gasteiger partial charge in [-0.05, 0) is 67.8 Å². The van der Waals surface area contributed by atoms with E-state index in [1.165, 1.54) is 12.1 Å². The zero-order chi connectivity index (χ0) is 24.8. The van der Waals surface area contributed by atoms with Crippen molar-refractivity contribution in [2.75, 3.05) is 23.9 Å². The van der Waals surface area contributed by atoms with Crippen LogP contribution in [0.4, 0.5) is 15.8 Å². The van der Waals surface area contributed by atoms with Crippen molar-refractivity contribution in [3.63, 3.8) is 0 Å². The molecule has 3 aromatic rings. The Kier molecular flexibility index (Phi) is 6.25. The lowest BCUT2D eigenvalue weighted by molar-refractivity contribution is -0.118. The van der Waals surface area contributed by atoms with Crippen LogP contribution < -0.4 is 9.80 Å². The maximum absolute atomic E-state index is 14.3. The Morgan fingerprint density at radius 1 is 1.18 bits per heavy atom. The van der Waals surface area contributed by atoms with Gasteiger partial charge in [-0.2, -0.15) is 0 Å². The number of fused-ring (bicyclic) bond motifs is 1.